The number of hydrogen-bond donors (Lipinski definition) is 1. The van der Waals surface area contributed by atoms with Crippen molar-refractivity contribution in [2.75, 3.05) is 19.7 Å². The van der Waals surface area contributed by atoms with Gasteiger partial charge in [-0.2, -0.15) is 0 Å². The Hall–Kier alpha value is -1.14. The first-order valence-electron chi connectivity index (χ1n) is 5.82. The zero-order chi connectivity index (χ0) is 13.5. The Morgan fingerprint density at radius 3 is 2.89 bits per heavy atom. The lowest BCUT2D eigenvalue weighted by Crippen LogP contribution is -2.24. The van der Waals surface area contributed by atoms with Crippen molar-refractivity contribution in [1.29, 1.82) is 0 Å². The van der Waals surface area contributed by atoms with Gasteiger partial charge < -0.3 is 10.1 Å². The largest absolute Gasteiger partial charge is 0.486 e. The summed E-state index contributed by atoms with van der Waals surface area (Å²) < 4.78 is 6.16. The Labute approximate surface area is 115 Å². The van der Waals surface area contributed by atoms with Crippen LogP contribution in [0.15, 0.2) is 22.7 Å². The molecule has 1 atom stereocenters. The number of nitro groups is 1. The van der Waals surface area contributed by atoms with Gasteiger partial charge in [-0.25, -0.2) is 0 Å². The van der Waals surface area contributed by atoms with Crippen LogP contribution in [-0.2, 0) is 0 Å². The molecule has 1 N–H and O–H groups in total. The Morgan fingerprint density at radius 1 is 1.56 bits per heavy atom. The maximum Gasteiger partial charge on any atom is 0.312 e. The molecule has 0 spiro atoms. The topological polar surface area (TPSA) is 64.4 Å². The quantitative estimate of drug-likeness (QED) is 0.620. The number of nitrogens with zero attached hydrogens (tertiary/aromatic N) is 1. The highest BCUT2D eigenvalue weighted by molar-refractivity contribution is 9.10. The summed E-state index contributed by atoms with van der Waals surface area (Å²) in [7, 11) is 0. The second-order valence-electron chi connectivity index (χ2n) is 4.07. The van der Waals surface area contributed by atoms with E-state index < -0.39 is 4.92 Å². The number of nitro benzene ring substituents is 1. The highest BCUT2D eigenvalue weighted by Crippen LogP contribution is 2.34. The van der Waals surface area contributed by atoms with Gasteiger partial charge in [-0.3, -0.25) is 10.1 Å². The Morgan fingerprint density at radius 2 is 2.28 bits per heavy atom. The molecule has 100 valence electrons. The molecular formula is C12H17BrN2O3. The van der Waals surface area contributed by atoms with Gasteiger partial charge in [0.05, 0.1) is 16.0 Å². The Bertz CT molecular complexity index is 412. The molecule has 1 aromatic carbocycles. The lowest BCUT2D eigenvalue weighted by Gasteiger charge is -2.14. The number of halogens is 1. The van der Waals surface area contributed by atoms with E-state index in [9.17, 15) is 10.1 Å². The molecule has 1 rings (SSSR count). The van der Waals surface area contributed by atoms with Gasteiger partial charge in [-0.05, 0) is 28.5 Å². The zero-order valence-electron chi connectivity index (χ0n) is 10.5. The number of benzene rings is 1. The minimum atomic E-state index is -0.435. The molecule has 18 heavy (non-hydrogen) atoms. The third-order valence-corrected chi connectivity index (χ3v) is 3.02. The normalized spacial score (nSPS) is 12.2. The summed E-state index contributed by atoms with van der Waals surface area (Å²) in [5.41, 5.74) is -0.0139. The van der Waals surface area contributed by atoms with Crippen molar-refractivity contribution in [2.24, 2.45) is 5.92 Å². The number of rotatable bonds is 7. The Kier molecular flexibility index (Phi) is 6.07. The SMILES string of the molecule is CCNCC(C)COc1c(Br)cccc1[N+](=O)[O-]. The maximum atomic E-state index is 10.9. The van der Waals surface area contributed by atoms with E-state index in [0.717, 1.165) is 13.1 Å². The van der Waals surface area contributed by atoms with Gasteiger partial charge in [0.15, 0.2) is 0 Å². The smallest absolute Gasteiger partial charge is 0.312 e. The van der Waals surface area contributed by atoms with Crippen molar-refractivity contribution >= 4 is 21.6 Å². The lowest BCUT2D eigenvalue weighted by molar-refractivity contribution is -0.386. The minimum Gasteiger partial charge on any atom is -0.486 e. The molecule has 5 nitrogen and oxygen atoms in total. The third-order valence-electron chi connectivity index (χ3n) is 2.40. The second-order valence-corrected chi connectivity index (χ2v) is 4.92. The summed E-state index contributed by atoms with van der Waals surface area (Å²) in [5.74, 6) is 0.586. The molecule has 0 bridgehead atoms. The van der Waals surface area contributed by atoms with Crippen molar-refractivity contribution in [3.8, 4) is 5.75 Å². The van der Waals surface area contributed by atoms with Gasteiger partial charge in [-0.15, -0.1) is 0 Å². The van der Waals surface area contributed by atoms with Crippen LogP contribution in [-0.4, -0.2) is 24.6 Å². The molecule has 0 heterocycles. The van der Waals surface area contributed by atoms with E-state index >= 15 is 0 Å². The molecule has 1 unspecified atom stereocenters. The van der Waals surface area contributed by atoms with Crippen molar-refractivity contribution in [3.05, 3.63) is 32.8 Å². The highest BCUT2D eigenvalue weighted by Gasteiger charge is 2.18. The molecule has 0 aromatic heterocycles. The third kappa shape index (κ3) is 4.27. The summed E-state index contributed by atoms with van der Waals surface area (Å²) in [6.45, 7) is 6.24. The van der Waals surface area contributed by atoms with Crippen LogP contribution in [0.4, 0.5) is 5.69 Å². The summed E-state index contributed by atoms with van der Waals surface area (Å²) in [4.78, 5) is 10.4. The van der Waals surface area contributed by atoms with E-state index in [4.69, 9.17) is 4.74 Å². The van der Waals surface area contributed by atoms with Crippen LogP contribution < -0.4 is 10.1 Å². The van der Waals surface area contributed by atoms with Crippen LogP contribution in [0.2, 0.25) is 0 Å². The van der Waals surface area contributed by atoms with Crippen LogP contribution in [0.25, 0.3) is 0 Å². The van der Waals surface area contributed by atoms with Crippen molar-refractivity contribution in [2.45, 2.75) is 13.8 Å². The van der Waals surface area contributed by atoms with Gasteiger partial charge in [0.2, 0.25) is 5.75 Å². The fourth-order valence-corrected chi connectivity index (χ4v) is 1.93. The van der Waals surface area contributed by atoms with Gasteiger partial charge in [0.1, 0.15) is 0 Å². The van der Waals surface area contributed by atoms with E-state index in [1.165, 1.54) is 6.07 Å². The van der Waals surface area contributed by atoms with Gasteiger partial charge >= 0.3 is 5.69 Å². The predicted molar refractivity (Wildman–Crippen MR) is 74.0 cm³/mol. The van der Waals surface area contributed by atoms with Crippen LogP contribution in [0.5, 0.6) is 5.75 Å². The first kappa shape index (κ1) is 14.9. The van der Waals surface area contributed by atoms with E-state index in [0.29, 0.717) is 16.8 Å². The molecule has 0 aliphatic heterocycles. The minimum absolute atomic E-state index is 0.0139. The fourth-order valence-electron chi connectivity index (χ4n) is 1.46. The molecule has 0 radical (unpaired) electrons. The standard InChI is InChI=1S/C12H17BrN2O3/c1-3-14-7-9(2)8-18-12-10(13)5-4-6-11(12)15(16)17/h4-6,9,14H,3,7-8H2,1-2H3. The molecule has 0 fully saturated rings. The van der Waals surface area contributed by atoms with Gasteiger partial charge in [-0.1, -0.05) is 19.9 Å². The molecular weight excluding hydrogens is 300 g/mol. The summed E-state index contributed by atoms with van der Waals surface area (Å²) in [6, 6.07) is 4.80. The van der Waals surface area contributed by atoms with Crippen LogP contribution in [0, 0.1) is 16.0 Å². The summed E-state index contributed by atoms with van der Waals surface area (Å²) >= 11 is 3.27. The first-order valence-corrected chi connectivity index (χ1v) is 6.62. The zero-order valence-corrected chi connectivity index (χ0v) is 12.1. The number of para-hydroxylation sites is 1. The molecule has 0 aliphatic carbocycles. The molecule has 0 saturated heterocycles. The molecule has 1 aromatic rings. The number of ether oxygens (including phenoxy) is 1. The van der Waals surface area contributed by atoms with Crippen molar-refractivity contribution in [1.82, 2.24) is 5.32 Å². The van der Waals surface area contributed by atoms with Crippen LogP contribution >= 0.6 is 15.9 Å². The van der Waals surface area contributed by atoms with E-state index in [1.807, 2.05) is 13.8 Å². The molecule has 0 aliphatic rings. The molecule has 6 heteroatoms. The van der Waals surface area contributed by atoms with E-state index in [1.54, 1.807) is 12.1 Å². The monoisotopic (exact) mass is 316 g/mol. The fraction of sp³-hybridized carbons (Fsp3) is 0.500. The van der Waals surface area contributed by atoms with Gasteiger partial charge in [0.25, 0.3) is 0 Å². The number of hydrogen-bond acceptors (Lipinski definition) is 4. The van der Waals surface area contributed by atoms with E-state index in [2.05, 4.69) is 21.2 Å². The lowest BCUT2D eigenvalue weighted by atomic mass is 10.2. The maximum absolute atomic E-state index is 10.9. The second kappa shape index (κ2) is 7.33. The Balaban J connectivity index is 2.69. The van der Waals surface area contributed by atoms with Crippen LogP contribution in [0.3, 0.4) is 0 Å². The number of nitrogens with one attached hydrogen (secondary N) is 1. The van der Waals surface area contributed by atoms with Crippen LogP contribution in [0.1, 0.15) is 13.8 Å². The highest BCUT2D eigenvalue weighted by atomic mass is 79.9. The van der Waals surface area contributed by atoms with Crippen molar-refractivity contribution in [3.63, 3.8) is 0 Å². The predicted octanol–water partition coefficient (Wildman–Crippen LogP) is 2.98. The van der Waals surface area contributed by atoms with Crippen molar-refractivity contribution < 1.29 is 9.66 Å². The molecule has 0 amide bonds. The molecule has 0 saturated carbocycles. The average molecular weight is 317 g/mol. The average Bonchev–Trinajstić information content (AvgIpc) is 2.34. The summed E-state index contributed by atoms with van der Waals surface area (Å²) in [5, 5.41) is 14.1. The first-order chi connectivity index (χ1) is 8.56. The van der Waals surface area contributed by atoms with Gasteiger partial charge in [0, 0.05) is 18.5 Å². The summed E-state index contributed by atoms with van der Waals surface area (Å²) in [6.07, 6.45) is 0. The van der Waals surface area contributed by atoms with E-state index in [-0.39, 0.29) is 11.6 Å².